The largest absolute Gasteiger partial charge is 0.452 e. The number of nitro benzene ring substituents is 1. The third-order valence-corrected chi connectivity index (χ3v) is 5.00. The summed E-state index contributed by atoms with van der Waals surface area (Å²) in [6.07, 6.45) is 4.21. The van der Waals surface area contributed by atoms with Gasteiger partial charge in [0, 0.05) is 6.07 Å². The van der Waals surface area contributed by atoms with Gasteiger partial charge in [0.05, 0.1) is 10.5 Å². The van der Waals surface area contributed by atoms with E-state index in [2.05, 4.69) is 5.32 Å². The molecule has 0 spiro atoms. The van der Waals surface area contributed by atoms with Gasteiger partial charge >= 0.3 is 5.97 Å². The summed E-state index contributed by atoms with van der Waals surface area (Å²) in [6, 6.07) is 8.41. The standard InChI is InChI=1S/C21H22N2O5/c1-13-9-18(19(23(26)27)10-14(13)2)22-20(24)12-28-21(25)17-8-7-15-5-3-4-6-16(15)11-17/h7-11H,3-6,12H2,1-2H3,(H,22,24). The Balaban J connectivity index is 1.64. The van der Waals surface area contributed by atoms with Crippen LogP contribution < -0.4 is 5.32 Å². The molecule has 1 aliphatic rings. The zero-order chi connectivity index (χ0) is 20.3. The Kier molecular flexibility index (Phi) is 5.73. The Morgan fingerprint density at radius 1 is 1.07 bits per heavy atom. The first-order valence-electron chi connectivity index (χ1n) is 9.19. The minimum atomic E-state index is -0.627. The van der Waals surface area contributed by atoms with Gasteiger partial charge in [-0.05, 0) is 80.0 Å². The molecule has 2 aromatic carbocycles. The number of hydrogen-bond donors (Lipinski definition) is 1. The smallest absolute Gasteiger partial charge is 0.338 e. The molecule has 0 atom stereocenters. The third kappa shape index (κ3) is 4.36. The topological polar surface area (TPSA) is 98.5 Å². The molecule has 1 amide bonds. The quantitative estimate of drug-likeness (QED) is 0.481. The average Bonchev–Trinajstić information content (AvgIpc) is 2.68. The summed E-state index contributed by atoms with van der Waals surface area (Å²) in [5.74, 6) is -1.21. The number of ether oxygens (including phenoxy) is 1. The summed E-state index contributed by atoms with van der Waals surface area (Å²) in [5.41, 5.74) is 4.26. The minimum Gasteiger partial charge on any atom is -0.452 e. The molecule has 0 radical (unpaired) electrons. The number of anilines is 1. The van der Waals surface area contributed by atoms with Crippen molar-refractivity contribution >= 4 is 23.3 Å². The molecule has 0 aromatic heterocycles. The Hall–Kier alpha value is -3.22. The molecule has 0 fully saturated rings. The van der Waals surface area contributed by atoms with Crippen LogP contribution >= 0.6 is 0 Å². The predicted octanol–water partition coefficient (Wildman–Crippen LogP) is 3.89. The van der Waals surface area contributed by atoms with Crippen molar-refractivity contribution in [1.82, 2.24) is 0 Å². The lowest BCUT2D eigenvalue weighted by Gasteiger charge is -2.16. The fraction of sp³-hybridized carbons (Fsp3) is 0.333. The van der Waals surface area contributed by atoms with Crippen LogP contribution in [0, 0.1) is 24.0 Å². The van der Waals surface area contributed by atoms with Crippen LogP contribution in [0.5, 0.6) is 0 Å². The van der Waals surface area contributed by atoms with Crippen molar-refractivity contribution in [3.63, 3.8) is 0 Å². The number of carbonyl (C=O) groups excluding carboxylic acids is 2. The van der Waals surface area contributed by atoms with Crippen LogP contribution in [0.25, 0.3) is 0 Å². The second-order valence-corrected chi connectivity index (χ2v) is 7.03. The lowest BCUT2D eigenvalue weighted by Crippen LogP contribution is -2.21. The molecule has 2 aromatic rings. The van der Waals surface area contributed by atoms with Crippen molar-refractivity contribution in [2.75, 3.05) is 11.9 Å². The van der Waals surface area contributed by atoms with E-state index in [1.807, 2.05) is 12.1 Å². The van der Waals surface area contributed by atoms with E-state index in [1.165, 1.54) is 17.7 Å². The second kappa shape index (κ2) is 8.21. The van der Waals surface area contributed by atoms with Gasteiger partial charge in [-0.15, -0.1) is 0 Å². The zero-order valence-electron chi connectivity index (χ0n) is 15.9. The van der Waals surface area contributed by atoms with Gasteiger partial charge in [-0.1, -0.05) is 6.07 Å². The highest BCUT2D eigenvalue weighted by molar-refractivity contribution is 5.97. The number of carbonyl (C=O) groups is 2. The van der Waals surface area contributed by atoms with Crippen LogP contribution in [0.2, 0.25) is 0 Å². The van der Waals surface area contributed by atoms with Gasteiger partial charge in [0.2, 0.25) is 0 Å². The Labute approximate surface area is 162 Å². The molecule has 0 heterocycles. The number of esters is 1. The highest BCUT2D eigenvalue weighted by atomic mass is 16.6. The molecule has 146 valence electrons. The summed E-state index contributed by atoms with van der Waals surface area (Å²) in [7, 11) is 0. The number of nitrogens with one attached hydrogen (secondary N) is 1. The van der Waals surface area contributed by atoms with E-state index in [9.17, 15) is 19.7 Å². The van der Waals surface area contributed by atoms with Crippen molar-refractivity contribution in [2.45, 2.75) is 39.5 Å². The second-order valence-electron chi connectivity index (χ2n) is 7.03. The van der Waals surface area contributed by atoms with E-state index < -0.39 is 23.4 Å². The summed E-state index contributed by atoms with van der Waals surface area (Å²) >= 11 is 0. The number of nitrogens with zero attached hydrogens (tertiary/aromatic N) is 1. The SMILES string of the molecule is Cc1cc(NC(=O)COC(=O)c2ccc3c(c2)CCCC3)c([N+](=O)[O-])cc1C. The van der Waals surface area contributed by atoms with E-state index in [0.29, 0.717) is 5.56 Å². The number of benzene rings is 2. The van der Waals surface area contributed by atoms with Crippen molar-refractivity contribution in [3.8, 4) is 0 Å². The van der Waals surface area contributed by atoms with Gasteiger partial charge in [0.1, 0.15) is 5.69 Å². The monoisotopic (exact) mass is 382 g/mol. The van der Waals surface area contributed by atoms with Crippen LogP contribution in [0.1, 0.15) is 45.5 Å². The molecule has 0 saturated carbocycles. The summed E-state index contributed by atoms with van der Waals surface area (Å²) in [6.45, 7) is 3.04. The fourth-order valence-electron chi connectivity index (χ4n) is 3.31. The Bertz CT molecular complexity index is 952. The number of amides is 1. The van der Waals surface area contributed by atoms with Gasteiger partial charge in [-0.2, -0.15) is 0 Å². The molecule has 0 unspecified atom stereocenters. The van der Waals surface area contributed by atoms with Crippen molar-refractivity contribution < 1.29 is 19.2 Å². The number of hydrogen-bond acceptors (Lipinski definition) is 5. The first kappa shape index (κ1) is 19.5. The van der Waals surface area contributed by atoms with Gasteiger partial charge < -0.3 is 10.1 Å². The van der Waals surface area contributed by atoms with E-state index in [-0.39, 0.29) is 11.4 Å². The number of rotatable bonds is 5. The van der Waals surface area contributed by atoms with Crippen LogP contribution in [0.4, 0.5) is 11.4 Å². The molecule has 0 bridgehead atoms. The van der Waals surface area contributed by atoms with Gasteiger partial charge in [-0.3, -0.25) is 14.9 Å². The average molecular weight is 382 g/mol. The molecule has 0 aliphatic heterocycles. The first-order chi connectivity index (χ1) is 13.3. The van der Waals surface area contributed by atoms with E-state index in [0.717, 1.165) is 42.4 Å². The van der Waals surface area contributed by atoms with Crippen molar-refractivity contribution in [3.05, 3.63) is 68.3 Å². The molecule has 1 N–H and O–H groups in total. The molecule has 3 rings (SSSR count). The molecule has 1 aliphatic carbocycles. The molecular formula is C21H22N2O5. The predicted molar refractivity (Wildman–Crippen MR) is 105 cm³/mol. The van der Waals surface area contributed by atoms with E-state index >= 15 is 0 Å². The molecule has 7 nitrogen and oxygen atoms in total. The lowest BCUT2D eigenvalue weighted by atomic mass is 9.90. The third-order valence-electron chi connectivity index (χ3n) is 5.00. The lowest BCUT2D eigenvalue weighted by molar-refractivity contribution is -0.384. The maximum atomic E-state index is 12.3. The normalized spacial score (nSPS) is 12.8. The number of fused-ring (bicyclic) bond motifs is 1. The van der Waals surface area contributed by atoms with Crippen LogP contribution in [-0.2, 0) is 22.4 Å². The van der Waals surface area contributed by atoms with Crippen LogP contribution in [0.3, 0.4) is 0 Å². The minimum absolute atomic E-state index is 0.0860. The Morgan fingerprint density at radius 2 is 1.75 bits per heavy atom. The summed E-state index contributed by atoms with van der Waals surface area (Å²) < 4.78 is 5.09. The first-order valence-corrected chi connectivity index (χ1v) is 9.19. The maximum Gasteiger partial charge on any atom is 0.338 e. The van der Waals surface area contributed by atoms with Gasteiger partial charge in [0.15, 0.2) is 6.61 Å². The van der Waals surface area contributed by atoms with Crippen molar-refractivity contribution in [1.29, 1.82) is 0 Å². The summed E-state index contributed by atoms with van der Waals surface area (Å²) in [4.78, 5) is 35.0. The maximum absolute atomic E-state index is 12.3. The molecule has 28 heavy (non-hydrogen) atoms. The molecular weight excluding hydrogens is 360 g/mol. The van der Waals surface area contributed by atoms with E-state index in [4.69, 9.17) is 4.74 Å². The molecule has 0 saturated heterocycles. The Morgan fingerprint density at radius 3 is 2.46 bits per heavy atom. The summed E-state index contributed by atoms with van der Waals surface area (Å²) in [5, 5.41) is 13.7. The van der Waals surface area contributed by atoms with E-state index in [1.54, 1.807) is 19.9 Å². The highest BCUT2D eigenvalue weighted by Gasteiger charge is 2.19. The number of nitro groups is 1. The van der Waals surface area contributed by atoms with Gasteiger partial charge in [0.25, 0.3) is 11.6 Å². The zero-order valence-corrected chi connectivity index (χ0v) is 15.9. The number of aryl methyl sites for hydroxylation is 4. The van der Waals surface area contributed by atoms with Crippen LogP contribution in [0.15, 0.2) is 30.3 Å². The fourth-order valence-corrected chi connectivity index (χ4v) is 3.31. The molecule has 7 heteroatoms. The van der Waals surface area contributed by atoms with Gasteiger partial charge in [-0.25, -0.2) is 4.79 Å². The van der Waals surface area contributed by atoms with Crippen LogP contribution in [-0.4, -0.2) is 23.4 Å². The van der Waals surface area contributed by atoms with Crippen molar-refractivity contribution in [2.24, 2.45) is 0 Å². The highest BCUT2D eigenvalue weighted by Crippen LogP contribution is 2.28.